The first-order chi connectivity index (χ1) is 11.6. The Morgan fingerprint density at radius 1 is 1.08 bits per heavy atom. The largest absolute Gasteiger partial charge is 0.457 e. The second-order valence-electron chi connectivity index (χ2n) is 5.83. The molecule has 4 heteroatoms. The van der Waals surface area contributed by atoms with Crippen LogP contribution >= 0.6 is 0 Å². The quantitative estimate of drug-likeness (QED) is 0.628. The van der Waals surface area contributed by atoms with Crippen molar-refractivity contribution in [3.63, 3.8) is 0 Å². The van der Waals surface area contributed by atoms with Crippen LogP contribution in [0, 0.1) is 12.8 Å². The predicted molar refractivity (Wildman–Crippen MR) is 93.4 cm³/mol. The molecular weight excluding hydrogens is 300 g/mol. The van der Waals surface area contributed by atoms with Gasteiger partial charge in [-0.1, -0.05) is 25.1 Å². The molecule has 122 valence electrons. The summed E-state index contributed by atoms with van der Waals surface area (Å²) in [6, 6.07) is 16.9. The zero-order valence-electron chi connectivity index (χ0n) is 13.8. The molecule has 24 heavy (non-hydrogen) atoms. The number of rotatable bonds is 6. The maximum Gasteiger partial charge on any atom is 0.167 e. The van der Waals surface area contributed by atoms with Crippen LogP contribution in [0.5, 0.6) is 11.5 Å². The van der Waals surface area contributed by atoms with E-state index in [9.17, 15) is 4.79 Å². The van der Waals surface area contributed by atoms with E-state index in [0.717, 1.165) is 17.3 Å². The minimum atomic E-state index is -0.112. The molecule has 0 aliphatic carbocycles. The molecule has 0 radical (unpaired) electrons. The minimum Gasteiger partial charge on any atom is -0.457 e. The highest BCUT2D eigenvalue weighted by Gasteiger charge is 2.16. The lowest BCUT2D eigenvalue weighted by atomic mass is 9.99. The maximum absolute atomic E-state index is 12.6. The summed E-state index contributed by atoms with van der Waals surface area (Å²) in [5.41, 5.74) is 0.695. The zero-order valence-corrected chi connectivity index (χ0v) is 13.8. The van der Waals surface area contributed by atoms with Gasteiger partial charge in [-0.25, -0.2) is 4.98 Å². The third-order valence-electron chi connectivity index (χ3n) is 3.96. The summed E-state index contributed by atoms with van der Waals surface area (Å²) in [5, 5.41) is 0. The molecule has 0 aliphatic heterocycles. The number of ketones is 1. The van der Waals surface area contributed by atoms with Gasteiger partial charge in [-0.15, -0.1) is 0 Å². The summed E-state index contributed by atoms with van der Waals surface area (Å²) in [5.74, 6) is 2.42. The van der Waals surface area contributed by atoms with E-state index in [-0.39, 0.29) is 11.7 Å². The fourth-order valence-corrected chi connectivity index (χ4v) is 2.57. The Balaban J connectivity index is 1.66. The Morgan fingerprint density at radius 3 is 2.38 bits per heavy atom. The van der Waals surface area contributed by atoms with Crippen LogP contribution in [0.4, 0.5) is 0 Å². The molecular formula is C20H20N2O2. The summed E-state index contributed by atoms with van der Waals surface area (Å²) in [6.45, 7) is 4.51. The Bertz CT molecular complexity index is 807. The Morgan fingerprint density at radius 2 is 1.75 bits per heavy atom. The van der Waals surface area contributed by atoms with E-state index in [4.69, 9.17) is 4.74 Å². The van der Waals surface area contributed by atoms with Crippen molar-refractivity contribution < 1.29 is 9.53 Å². The highest BCUT2D eigenvalue weighted by atomic mass is 16.5. The van der Waals surface area contributed by atoms with E-state index in [1.165, 1.54) is 0 Å². The summed E-state index contributed by atoms with van der Waals surface area (Å²) in [4.78, 5) is 16.8. The molecule has 1 aromatic heterocycles. The lowest BCUT2D eigenvalue weighted by molar-refractivity contribution is 0.0918. The molecule has 3 rings (SSSR count). The van der Waals surface area contributed by atoms with E-state index < -0.39 is 0 Å². The summed E-state index contributed by atoms with van der Waals surface area (Å²) >= 11 is 0. The molecule has 3 aromatic rings. The Kier molecular flexibility index (Phi) is 4.75. The van der Waals surface area contributed by atoms with Gasteiger partial charge >= 0.3 is 0 Å². The van der Waals surface area contributed by atoms with Crippen LogP contribution in [-0.2, 0) is 6.54 Å². The number of hydrogen-bond donors (Lipinski definition) is 0. The number of aryl methyl sites for hydroxylation is 1. The number of carbonyl (C=O) groups excluding carboxylic acids is 1. The average Bonchev–Trinajstić information content (AvgIpc) is 3.00. The second-order valence-corrected chi connectivity index (χ2v) is 5.83. The van der Waals surface area contributed by atoms with Crippen molar-refractivity contribution in [3.8, 4) is 11.5 Å². The first-order valence-corrected chi connectivity index (χ1v) is 7.98. The molecule has 4 nitrogen and oxygen atoms in total. The fraction of sp³-hybridized carbons (Fsp3) is 0.200. The van der Waals surface area contributed by atoms with Gasteiger partial charge in [0.05, 0.1) is 0 Å². The van der Waals surface area contributed by atoms with Crippen LogP contribution < -0.4 is 4.74 Å². The molecule has 0 amide bonds. The predicted octanol–water partition coefficient (Wildman–Crippen LogP) is 4.50. The number of hydrogen-bond acceptors (Lipinski definition) is 3. The van der Waals surface area contributed by atoms with Crippen molar-refractivity contribution >= 4 is 5.78 Å². The highest BCUT2D eigenvalue weighted by Crippen LogP contribution is 2.22. The van der Waals surface area contributed by atoms with E-state index in [2.05, 4.69) is 4.98 Å². The summed E-state index contributed by atoms with van der Waals surface area (Å²) < 4.78 is 7.75. The van der Waals surface area contributed by atoms with Crippen molar-refractivity contribution in [3.05, 3.63) is 78.4 Å². The molecule has 1 unspecified atom stereocenters. The van der Waals surface area contributed by atoms with Gasteiger partial charge in [0, 0.05) is 30.4 Å². The molecule has 1 atom stereocenters. The van der Waals surface area contributed by atoms with E-state index >= 15 is 0 Å². The second kappa shape index (κ2) is 7.13. The Labute approximate surface area is 141 Å². The number of imidazole rings is 1. The van der Waals surface area contributed by atoms with Gasteiger partial charge in [0.25, 0.3) is 0 Å². The summed E-state index contributed by atoms with van der Waals surface area (Å²) in [6.07, 6.45) is 3.65. The van der Waals surface area contributed by atoms with Crippen molar-refractivity contribution in [2.24, 2.45) is 5.92 Å². The SMILES string of the molecule is Cc1nccn1CC(C)C(=O)c1ccc(Oc2ccccc2)cc1. The molecule has 2 aromatic carbocycles. The maximum atomic E-state index is 12.6. The number of nitrogens with zero attached hydrogens (tertiary/aromatic N) is 2. The lowest BCUT2D eigenvalue weighted by Gasteiger charge is -2.13. The third kappa shape index (κ3) is 3.71. The van der Waals surface area contributed by atoms with E-state index in [1.807, 2.05) is 79.2 Å². The first-order valence-electron chi connectivity index (χ1n) is 7.98. The normalized spacial score (nSPS) is 11.9. The van der Waals surface area contributed by atoms with Gasteiger partial charge in [-0.3, -0.25) is 4.79 Å². The number of aromatic nitrogens is 2. The van der Waals surface area contributed by atoms with Crippen LogP contribution in [0.25, 0.3) is 0 Å². The molecule has 1 heterocycles. The van der Waals surface area contributed by atoms with Crippen molar-refractivity contribution in [2.75, 3.05) is 0 Å². The van der Waals surface area contributed by atoms with Gasteiger partial charge in [-0.2, -0.15) is 0 Å². The number of carbonyl (C=O) groups is 1. The first kappa shape index (κ1) is 16.0. The molecule has 0 saturated carbocycles. The van der Waals surface area contributed by atoms with Crippen molar-refractivity contribution in [1.29, 1.82) is 0 Å². The Hall–Kier alpha value is -2.88. The van der Waals surface area contributed by atoms with E-state index in [1.54, 1.807) is 6.20 Å². The topological polar surface area (TPSA) is 44.1 Å². The molecule has 0 bridgehead atoms. The highest BCUT2D eigenvalue weighted by molar-refractivity contribution is 5.97. The smallest absolute Gasteiger partial charge is 0.167 e. The van der Waals surface area contributed by atoms with Gasteiger partial charge < -0.3 is 9.30 Å². The number of Topliss-reactive ketones (excluding diaryl/α,β-unsaturated/α-hetero) is 1. The van der Waals surface area contributed by atoms with Crippen molar-refractivity contribution in [1.82, 2.24) is 9.55 Å². The molecule has 0 N–H and O–H groups in total. The monoisotopic (exact) mass is 320 g/mol. The van der Waals surface area contributed by atoms with Gasteiger partial charge in [0.15, 0.2) is 5.78 Å². The van der Waals surface area contributed by atoms with Crippen molar-refractivity contribution in [2.45, 2.75) is 20.4 Å². The summed E-state index contributed by atoms with van der Waals surface area (Å²) in [7, 11) is 0. The molecule has 0 saturated heterocycles. The van der Waals surface area contributed by atoms with E-state index in [0.29, 0.717) is 12.1 Å². The minimum absolute atomic E-state index is 0.112. The van der Waals surface area contributed by atoms with Gasteiger partial charge in [-0.05, 0) is 43.3 Å². The standard InChI is InChI=1S/C20H20N2O2/c1-15(14-22-13-12-21-16(22)2)20(23)17-8-10-19(11-9-17)24-18-6-4-3-5-7-18/h3-13,15H,14H2,1-2H3. The average molecular weight is 320 g/mol. The van der Waals surface area contributed by atoms with Gasteiger partial charge in [0.2, 0.25) is 0 Å². The number of ether oxygens (including phenoxy) is 1. The lowest BCUT2D eigenvalue weighted by Crippen LogP contribution is -2.18. The molecule has 0 aliphatic rings. The van der Waals surface area contributed by atoms with Crippen LogP contribution in [0.2, 0.25) is 0 Å². The number of para-hydroxylation sites is 1. The zero-order chi connectivity index (χ0) is 16.9. The molecule has 0 fully saturated rings. The number of benzene rings is 2. The van der Waals surface area contributed by atoms with Crippen LogP contribution in [0.3, 0.4) is 0 Å². The third-order valence-corrected chi connectivity index (χ3v) is 3.96. The van der Waals surface area contributed by atoms with Crippen LogP contribution in [-0.4, -0.2) is 15.3 Å². The van der Waals surface area contributed by atoms with Crippen LogP contribution in [0.1, 0.15) is 23.1 Å². The fourth-order valence-electron chi connectivity index (χ4n) is 2.57. The van der Waals surface area contributed by atoms with Crippen LogP contribution in [0.15, 0.2) is 67.0 Å². The van der Waals surface area contributed by atoms with Gasteiger partial charge in [0.1, 0.15) is 17.3 Å². The molecule has 0 spiro atoms.